The van der Waals surface area contributed by atoms with Crippen LogP contribution in [0.2, 0.25) is 5.02 Å². The molecule has 1 nitrogen and oxygen atoms in total. The molecule has 0 spiro atoms. The maximum absolute atomic E-state index is 11.8. The second-order valence-electron chi connectivity index (χ2n) is 3.63. The standard InChI is InChI=1S/C14H11ClO/c1-10-6-5-8-12(14(10)15)11-7-3-2-4-9-13(11)16/h2-9H,1H3. The Kier molecular flexibility index (Phi) is 3.07. The van der Waals surface area contributed by atoms with Gasteiger partial charge in [0.15, 0.2) is 5.43 Å². The third-order valence-corrected chi connectivity index (χ3v) is 2.98. The van der Waals surface area contributed by atoms with E-state index in [9.17, 15) is 4.79 Å². The fourth-order valence-corrected chi connectivity index (χ4v) is 1.84. The van der Waals surface area contributed by atoms with Crippen molar-refractivity contribution in [3.05, 3.63) is 69.3 Å². The van der Waals surface area contributed by atoms with Gasteiger partial charge in [0.25, 0.3) is 0 Å². The fraction of sp³-hybridized carbons (Fsp3) is 0.0714. The quantitative estimate of drug-likeness (QED) is 0.731. The SMILES string of the molecule is Cc1cccc(-c2cccccc2=O)c1Cl. The largest absolute Gasteiger partial charge is 0.289 e. The molecule has 0 amide bonds. The molecule has 0 N–H and O–H groups in total. The summed E-state index contributed by atoms with van der Waals surface area (Å²) in [6, 6.07) is 14.4. The molecule has 0 saturated heterocycles. The Balaban J connectivity index is 2.74. The number of hydrogen-bond acceptors (Lipinski definition) is 1. The lowest BCUT2D eigenvalue weighted by molar-refractivity contribution is 1.46. The minimum absolute atomic E-state index is 0.0162. The van der Waals surface area contributed by atoms with Crippen LogP contribution >= 0.6 is 11.6 Å². The topological polar surface area (TPSA) is 17.1 Å². The Morgan fingerprint density at radius 2 is 1.56 bits per heavy atom. The molecule has 0 heterocycles. The van der Waals surface area contributed by atoms with Crippen molar-refractivity contribution in [1.82, 2.24) is 0 Å². The summed E-state index contributed by atoms with van der Waals surface area (Å²) in [6.07, 6.45) is 0. The van der Waals surface area contributed by atoms with Crippen molar-refractivity contribution in [2.45, 2.75) is 6.92 Å². The molecule has 80 valence electrons. The van der Waals surface area contributed by atoms with E-state index >= 15 is 0 Å². The molecule has 0 atom stereocenters. The molecule has 0 aliphatic heterocycles. The minimum atomic E-state index is -0.0162. The fourth-order valence-electron chi connectivity index (χ4n) is 1.61. The van der Waals surface area contributed by atoms with Crippen LogP contribution in [0.25, 0.3) is 11.1 Å². The molecule has 0 radical (unpaired) electrons. The van der Waals surface area contributed by atoms with Crippen LogP contribution in [0.5, 0.6) is 0 Å². The average Bonchev–Trinajstić information content (AvgIpc) is 2.47. The maximum Gasteiger partial charge on any atom is 0.186 e. The van der Waals surface area contributed by atoms with E-state index in [0.29, 0.717) is 10.6 Å². The minimum Gasteiger partial charge on any atom is -0.289 e. The van der Waals surface area contributed by atoms with Crippen LogP contribution in [0.4, 0.5) is 0 Å². The molecule has 0 saturated carbocycles. The lowest BCUT2D eigenvalue weighted by atomic mass is 10.0. The Bertz CT molecular complexity index is 576. The highest BCUT2D eigenvalue weighted by molar-refractivity contribution is 6.34. The van der Waals surface area contributed by atoms with Crippen LogP contribution in [-0.2, 0) is 0 Å². The first-order valence-corrected chi connectivity index (χ1v) is 5.43. The van der Waals surface area contributed by atoms with E-state index in [0.717, 1.165) is 11.1 Å². The molecule has 0 bridgehead atoms. The molecule has 2 aromatic rings. The van der Waals surface area contributed by atoms with E-state index in [1.807, 2.05) is 37.3 Å². The van der Waals surface area contributed by atoms with E-state index < -0.39 is 0 Å². The van der Waals surface area contributed by atoms with Gasteiger partial charge in [-0.15, -0.1) is 0 Å². The van der Waals surface area contributed by atoms with Gasteiger partial charge in [0, 0.05) is 11.1 Å². The van der Waals surface area contributed by atoms with Crippen molar-refractivity contribution >= 4 is 11.6 Å². The molecule has 0 aliphatic carbocycles. The van der Waals surface area contributed by atoms with Crippen molar-refractivity contribution in [3.8, 4) is 11.1 Å². The second kappa shape index (κ2) is 4.50. The van der Waals surface area contributed by atoms with Crippen LogP contribution in [0.1, 0.15) is 5.56 Å². The van der Waals surface area contributed by atoms with Crippen LogP contribution in [0.3, 0.4) is 0 Å². The third-order valence-electron chi connectivity index (χ3n) is 2.48. The summed E-state index contributed by atoms with van der Waals surface area (Å²) in [5.74, 6) is 0. The first-order chi connectivity index (χ1) is 7.70. The Hall–Kier alpha value is -1.60. The average molecular weight is 231 g/mol. The Labute approximate surface area is 99.3 Å². The first kappa shape index (κ1) is 10.9. The smallest absolute Gasteiger partial charge is 0.186 e. The number of aryl methyl sites for hydroxylation is 1. The molecule has 2 heteroatoms. The molecule has 0 fully saturated rings. The van der Waals surface area contributed by atoms with Crippen molar-refractivity contribution in [1.29, 1.82) is 0 Å². The highest BCUT2D eigenvalue weighted by Crippen LogP contribution is 2.27. The van der Waals surface area contributed by atoms with E-state index in [-0.39, 0.29) is 5.43 Å². The summed E-state index contributed by atoms with van der Waals surface area (Å²) in [5, 5.41) is 0.644. The zero-order chi connectivity index (χ0) is 11.5. The molecular weight excluding hydrogens is 220 g/mol. The summed E-state index contributed by atoms with van der Waals surface area (Å²) in [6.45, 7) is 1.93. The van der Waals surface area contributed by atoms with Gasteiger partial charge in [-0.05, 0) is 18.6 Å². The van der Waals surface area contributed by atoms with Crippen LogP contribution < -0.4 is 5.43 Å². The van der Waals surface area contributed by atoms with Gasteiger partial charge in [-0.1, -0.05) is 54.1 Å². The second-order valence-corrected chi connectivity index (χ2v) is 4.00. The van der Waals surface area contributed by atoms with E-state index in [4.69, 9.17) is 11.6 Å². The number of rotatable bonds is 1. The van der Waals surface area contributed by atoms with Crippen molar-refractivity contribution in [3.63, 3.8) is 0 Å². The van der Waals surface area contributed by atoms with E-state index in [2.05, 4.69) is 0 Å². The van der Waals surface area contributed by atoms with Gasteiger partial charge in [-0.2, -0.15) is 0 Å². The molecule has 2 rings (SSSR count). The summed E-state index contributed by atoms with van der Waals surface area (Å²) in [5.41, 5.74) is 2.39. The molecule has 2 aromatic carbocycles. The third kappa shape index (κ3) is 2.00. The number of benzene rings is 1. The Morgan fingerprint density at radius 3 is 2.38 bits per heavy atom. The predicted molar refractivity (Wildman–Crippen MR) is 67.9 cm³/mol. The van der Waals surface area contributed by atoms with Crippen LogP contribution in [-0.4, -0.2) is 0 Å². The van der Waals surface area contributed by atoms with Crippen LogP contribution in [0.15, 0.2) is 53.3 Å². The van der Waals surface area contributed by atoms with Crippen molar-refractivity contribution < 1.29 is 0 Å². The van der Waals surface area contributed by atoms with Gasteiger partial charge in [-0.3, -0.25) is 4.79 Å². The number of halogens is 1. The lowest BCUT2D eigenvalue weighted by Gasteiger charge is -2.04. The van der Waals surface area contributed by atoms with Crippen molar-refractivity contribution in [2.75, 3.05) is 0 Å². The molecule has 0 aliphatic rings. The van der Waals surface area contributed by atoms with E-state index in [1.54, 1.807) is 18.2 Å². The normalized spacial score (nSPS) is 10.1. The summed E-state index contributed by atoms with van der Waals surface area (Å²) in [7, 11) is 0. The van der Waals surface area contributed by atoms with Gasteiger partial charge >= 0.3 is 0 Å². The molecule has 0 unspecified atom stereocenters. The summed E-state index contributed by atoms with van der Waals surface area (Å²) in [4.78, 5) is 11.8. The van der Waals surface area contributed by atoms with E-state index in [1.165, 1.54) is 0 Å². The highest BCUT2D eigenvalue weighted by Gasteiger charge is 2.06. The maximum atomic E-state index is 11.8. The Morgan fingerprint density at radius 1 is 0.875 bits per heavy atom. The number of hydrogen-bond donors (Lipinski definition) is 0. The summed E-state index contributed by atoms with van der Waals surface area (Å²) >= 11 is 6.20. The summed E-state index contributed by atoms with van der Waals surface area (Å²) < 4.78 is 0. The van der Waals surface area contributed by atoms with Gasteiger partial charge in [-0.25, -0.2) is 0 Å². The molecule has 0 aromatic heterocycles. The van der Waals surface area contributed by atoms with Gasteiger partial charge in [0.1, 0.15) is 0 Å². The van der Waals surface area contributed by atoms with Gasteiger partial charge in [0.2, 0.25) is 0 Å². The van der Waals surface area contributed by atoms with Gasteiger partial charge in [0.05, 0.1) is 5.02 Å². The van der Waals surface area contributed by atoms with Gasteiger partial charge < -0.3 is 0 Å². The predicted octanol–water partition coefficient (Wildman–Crippen LogP) is 3.68. The highest BCUT2D eigenvalue weighted by atomic mass is 35.5. The zero-order valence-electron chi connectivity index (χ0n) is 8.91. The van der Waals surface area contributed by atoms with Crippen molar-refractivity contribution in [2.24, 2.45) is 0 Å². The molecular formula is C14H11ClO. The monoisotopic (exact) mass is 230 g/mol. The molecule has 16 heavy (non-hydrogen) atoms. The van der Waals surface area contributed by atoms with Crippen LogP contribution in [0, 0.1) is 6.92 Å². The lowest BCUT2D eigenvalue weighted by Crippen LogP contribution is -1.99. The zero-order valence-corrected chi connectivity index (χ0v) is 9.66. The first-order valence-electron chi connectivity index (χ1n) is 5.05.